The summed E-state index contributed by atoms with van der Waals surface area (Å²) in [6, 6.07) is 0.486. The molecule has 3 heteroatoms. The molecule has 1 rings (SSSR count). The molecule has 1 aromatic heterocycles. The maximum Gasteiger partial charge on any atom is 0.0980 e. The van der Waals surface area contributed by atoms with E-state index >= 15 is 0 Å². The highest BCUT2D eigenvalue weighted by molar-refractivity contribution is 6.15. The largest absolute Gasteiger partial charge is 0.323 e. The number of halogens is 1. The zero-order valence-electron chi connectivity index (χ0n) is 3.71. The van der Waals surface area contributed by atoms with Crippen LogP contribution < -0.4 is 0 Å². The molecular weight excluding hydrogens is 112 g/mol. The van der Waals surface area contributed by atoms with Crippen molar-refractivity contribution in [2.75, 3.05) is 0 Å². The highest BCUT2D eigenvalue weighted by Gasteiger charge is 1.78. The molecule has 0 aromatic carbocycles. The van der Waals surface area contributed by atoms with Crippen LogP contribution in [0.2, 0.25) is 0 Å². The summed E-state index contributed by atoms with van der Waals surface area (Å²) in [7, 11) is 0. The van der Waals surface area contributed by atoms with Crippen LogP contribution in [-0.2, 0) is 6.00 Å². The highest BCUT2D eigenvalue weighted by atomic mass is 35.5. The van der Waals surface area contributed by atoms with E-state index in [0.717, 1.165) is 0 Å². The van der Waals surface area contributed by atoms with Gasteiger partial charge in [0.15, 0.2) is 0 Å². The third kappa shape index (κ3) is 0.933. The molecule has 1 heterocycles. The molecule has 0 saturated carbocycles. The number of rotatable bonds is 1. The van der Waals surface area contributed by atoms with Crippen LogP contribution in [-0.4, -0.2) is 9.55 Å². The monoisotopic (exact) mass is 116 g/mol. The Kier molecular flexibility index (Phi) is 1.32. The van der Waals surface area contributed by atoms with Gasteiger partial charge in [0.05, 0.1) is 12.3 Å². The molecule has 0 saturated heterocycles. The van der Waals surface area contributed by atoms with Gasteiger partial charge in [0.2, 0.25) is 0 Å². The van der Waals surface area contributed by atoms with Crippen LogP contribution in [0, 0.1) is 0 Å². The van der Waals surface area contributed by atoms with Crippen LogP contribution in [0.4, 0.5) is 0 Å². The fourth-order valence-electron chi connectivity index (χ4n) is 0.357. The average Bonchev–Trinajstić information content (AvgIpc) is 2.14. The maximum atomic E-state index is 5.39. The van der Waals surface area contributed by atoms with Crippen LogP contribution in [0.5, 0.6) is 0 Å². The molecule has 0 aliphatic rings. The number of nitrogens with zero attached hydrogens (tertiary/aromatic N) is 2. The summed E-state index contributed by atoms with van der Waals surface area (Å²) in [5.41, 5.74) is 0. The Morgan fingerprint density at radius 3 is 2.86 bits per heavy atom. The van der Waals surface area contributed by atoms with Gasteiger partial charge in [-0.05, 0) is 0 Å². The number of aromatic nitrogens is 2. The van der Waals surface area contributed by atoms with E-state index in [0.29, 0.717) is 6.00 Å². The second-order valence-corrected chi connectivity index (χ2v) is 1.44. The van der Waals surface area contributed by atoms with Gasteiger partial charge in [-0.15, -0.1) is 11.6 Å². The smallest absolute Gasteiger partial charge is 0.0980 e. The molecule has 0 bridgehead atoms. The van der Waals surface area contributed by atoms with E-state index in [-0.39, 0.29) is 0 Å². The number of hydrogen-bond donors (Lipinski definition) is 0. The number of imidazole rings is 1. The Labute approximate surface area is 46.7 Å². The Morgan fingerprint density at radius 1 is 1.71 bits per heavy atom. The van der Waals surface area contributed by atoms with Crippen molar-refractivity contribution in [3.8, 4) is 0 Å². The van der Waals surface area contributed by atoms with Crippen LogP contribution in [0.1, 0.15) is 0 Å². The molecule has 1 aromatic rings. The lowest BCUT2D eigenvalue weighted by Crippen LogP contribution is -1.83. The zero-order valence-corrected chi connectivity index (χ0v) is 4.47. The molecule has 0 radical (unpaired) electrons. The van der Waals surface area contributed by atoms with E-state index in [2.05, 4.69) is 4.98 Å². The van der Waals surface area contributed by atoms with E-state index in [9.17, 15) is 0 Å². The maximum absolute atomic E-state index is 5.39. The molecule has 0 fully saturated rings. The average molecular weight is 117 g/mol. The predicted octanol–water partition coefficient (Wildman–Crippen LogP) is 1.08. The lowest BCUT2D eigenvalue weighted by molar-refractivity contribution is 0.881. The topological polar surface area (TPSA) is 17.8 Å². The summed E-state index contributed by atoms with van der Waals surface area (Å²) in [6.45, 7) is 0. The van der Waals surface area contributed by atoms with Crippen molar-refractivity contribution in [1.29, 1.82) is 0 Å². The summed E-state index contributed by atoms with van der Waals surface area (Å²) in [4.78, 5) is 3.77. The quantitative estimate of drug-likeness (QED) is 0.502. The van der Waals surface area contributed by atoms with Crippen LogP contribution in [0.15, 0.2) is 18.7 Å². The van der Waals surface area contributed by atoms with Crippen LogP contribution in [0.3, 0.4) is 0 Å². The predicted molar refractivity (Wildman–Crippen MR) is 28.1 cm³/mol. The molecule has 0 N–H and O–H groups in total. The lowest BCUT2D eigenvalue weighted by atomic mass is 10.9. The minimum absolute atomic E-state index is 0.486. The van der Waals surface area contributed by atoms with Gasteiger partial charge in [0, 0.05) is 12.4 Å². The van der Waals surface area contributed by atoms with Crippen molar-refractivity contribution in [2.24, 2.45) is 0 Å². The minimum Gasteiger partial charge on any atom is -0.323 e. The lowest BCUT2D eigenvalue weighted by Gasteiger charge is -1.85. The summed E-state index contributed by atoms with van der Waals surface area (Å²) in [6.07, 6.45) is 5.18. The van der Waals surface area contributed by atoms with Gasteiger partial charge in [-0.25, -0.2) is 4.98 Å². The second-order valence-electron chi connectivity index (χ2n) is 1.20. The SMILES string of the molecule is ClCn1ccnc1. The van der Waals surface area contributed by atoms with Gasteiger partial charge in [-0.1, -0.05) is 0 Å². The Balaban J connectivity index is 2.76. The first-order chi connectivity index (χ1) is 3.43. The van der Waals surface area contributed by atoms with E-state index in [1.54, 1.807) is 17.1 Å². The molecule has 0 aliphatic carbocycles. The first-order valence-corrected chi connectivity index (χ1v) is 2.48. The standard InChI is InChI=1S/C4H5ClN2/c5-3-7-2-1-6-4-7/h1-2,4H,3H2. The Morgan fingerprint density at radius 2 is 2.57 bits per heavy atom. The molecule has 2 nitrogen and oxygen atoms in total. The van der Waals surface area contributed by atoms with E-state index < -0.39 is 0 Å². The Bertz CT molecular complexity index is 124. The van der Waals surface area contributed by atoms with Crippen molar-refractivity contribution in [3.63, 3.8) is 0 Å². The molecule has 7 heavy (non-hydrogen) atoms. The molecule has 0 spiro atoms. The first kappa shape index (κ1) is 4.65. The van der Waals surface area contributed by atoms with Gasteiger partial charge < -0.3 is 4.57 Å². The fraction of sp³-hybridized carbons (Fsp3) is 0.250. The molecule has 0 atom stereocenters. The second kappa shape index (κ2) is 1.98. The number of hydrogen-bond acceptors (Lipinski definition) is 1. The highest BCUT2D eigenvalue weighted by Crippen LogP contribution is 1.86. The van der Waals surface area contributed by atoms with Crippen molar-refractivity contribution < 1.29 is 0 Å². The van der Waals surface area contributed by atoms with Crippen molar-refractivity contribution in [1.82, 2.24) is 9.55 Å². The molecule has 0 aliphatic heterocycles. The van der Waals surface area contributed by atoms with Crippen molar-refractivity contribution in [3.05, 3.63) is 18.7 Å². The van der Waals surface area contributed by atoms with Gasteiger partial charge in [0.1, 0.15) is 0 Å². The minimum atomic E-state index is 0.486. The van der Waals surface area contributed by atoms with Gasteiger partial charge >= 0.3 is 0 Å². The third-order valence-corrected chi connectivity index (χ3v) is 0.973. The zero-order chi connectivity index (χ0) is 5.11. The summed E-state index contributed by atoms with van der Waals surface area (Å²) in [5, 5.41) is 0. The van der Waals surface area contributed by atoms with Gasteiger partial charge in [-0.3, -0.25) is 0 Å². The third-order valence-electron chi connectivity index (χ3n) is 0.697. The van der Waals surface area contributed by atoms with Gasteiger partial charge in [0.25, 0.3) is 0 Å². The van der Waals surface area contributed by atoms with E-state index in [4.69, 9.17) is 11.6 Å². The number of alkyl halides is 1. The summed E-state index contributed by atoms with van der Waals surface area (Å²) >= 11 is 5.39. The molecule has 0 amide bonds. The Hall–Kier alpha value is -0.500. The van der Waals surface area contributed by atoms with Crippen LogP contribution in [0.25, 0.3) is 0 Å². The van der Waals surface area contributed by atoms with Crippen molar-refractivity contribution >= 4 is 11.6 Å². The normalized spacial score (nSPS) is 9.29. The molecule has 0 unspecified atom stereocenters. The molecular formula is C4H5ClN2. The summed E-state index contributed by atoms with van der Waals surface area (Å²) in [5.74, 6) is 0. The first-order valence-electron chi connectivity index (χ1n) is 1.95. The summed E-state index contributed by atoms with van der Waals surface area (Å²) < 4.78 is 1.78. The van der Waals surface area contributed by atoms with E-state index in [1.165, 1.54) is 0 Å². The van der Waals surface area contributed by atoms with Crippen LogP contribution >= 0.6 is 11.6 Å². The van der Waals surface area contributed by atoms with E-state index in [1.807, 2.05) is 6.20 Å². The fourth-order valence-corrected chi connectivity index (χ4v) is 0.499. The molecule has 38 valence electrons. The van der Waals surface area contributed by atoms with Gasteiger partial charge in [-0.2, -0.15) is 0 Å². The van der Waals surface area contributed by atoms with Crippen molar-refractivity contribution in [2.45, 2.75) is 6.00 Å².